The molecule has 0 saturated heterocycles. The number of hydrogen-bond donors (Lipinski definition) is 1. The van der Waals surface area contributed by atoms with Crippen LogP contribution in [0.1, 0.15) is 21.6 Å². The number of aryl methyl sites for hydroxylation is 1. The van der Waals surface area contributed by atoms with Gasteiger partial charge < -0.3 is 4.98 Å². The summed E-state index contributed by atoms with van der Waals surface area (Å²) in [4.78, 5) is 36.3. The van der Waals surface area contributed by atoms with Crippen LogP contribution in [0.5, 0.6) is 0 Å². The van der Waals surface area contributed by atoms with Crippen LogP contribution in [0, 0.1) is 17.0 Å². The van der Waals surface area contributed by atoms with Crippen LogP contribution >= 0.6 is 15.9 Å². The number of nitro benzene ring substituents is 1. The Balaban J connectivity index is 2.43. The summed E-state index contributed by atoms with van der Waals surface area (Å²) in [6.07, 6.45) is 0. The summed E-state index contributed by atoms with van der Waals surface area (Å²) in [5.41, 5.74) is 0.702. The Labute approximate surface area is 121 Å². The van der Waals surface area contributed by atoms with Gasteiger partial charge in [-0.05, 0) is 41.1 Å². The first kappa shape index (κ1) is 14.1. The minimum atomic E-state index is -0.532. The average molecular weight is 337 g/mol. The third kappa shape index (κ3) is 2.67. The highest BCUT2D eigenvalue weighted by Crippen LogP contribution is 2.17. The van der Waals surface area contributed by atoms with Gasteiger partial charge in [0.25, 0.3) is 11.2 Å². The van der Waals surface area contributed by atoms with E-state index in [9.17, 15) is 19.7 Å². The molecular formula is C13H9BrN2O4. The molecule has 6 nitrogen and oxygen atoms in total. The first-order valence-electron chi connectivity index (χ1n) is 5.58. The predicted molar refractivity (Wildman–Crippen MR) is 76.0 cm³/mol. The van der Waals surface area contributed by atoms with Gasteiger partial charge in [-0.3, -0.25) is 19.7 Å². The molecule has 7 heteroatoms. The van der Waals surface area contributed by atoms with E-state index in [4.69, 9.17) is 0 Å². The number of benzene rings is 1. The summed E-state index contributed by atoms with van der Waals surface area (Å²) in [6.45, 7) is 1.62. The van der Waals surface area contributed by atoms with Crippen LogP contribution in [0.2, 0.25) is 0 Å². The van der Waals surface area contributed by atoms with Gasteiger partial charge in [-0.1, -0.05) is 0 Å². The maximum atomic E-state index is 12.3. The van der Waals surface area contributed by atoms with E-state index in [0.29, 0.717) is 16.8 Å². The minimum absolute atomic E-state index is 0.0825. The number of carbonyl (C=O) groups excluding carboxylic acids is 1. The molecule has 1 heterocycles. The van der Waals surface area contributed by atoms with E-state index < -0.39 is 4.92 Å². The maximum absolute atomic E-state index is 12.3. The quantitative estimate of drug-likeness (QED) is 0.529. The number of non-ortho nitro benzene ring substituents is 1. The number of ketones is 1. The summed E-state index contributed by atoms with van der Waals surface area (Å²) in [7, 11) is 0. The number of hydrogen-bond acceptors (Lipinski definition) is 4. The second-order valence-electron chi connectivity index (χ2n) is 4.12. The van der Waals surface area contributed by atoms with Crippen molar-refractivity contribution in [3.05, 3.63) is 72.1 Å². The third-order valence-electron chi connectivity index (χ3n) is 2.78. The zero-order chi connectivity index (χ0) is 14.9. The zero-order valence-corrected chi connectivity index (χ0v) is 11.9. The van der Waals surface area contributed by atoms with Crippen molar-refractivity contribution in [3.63, 3.8) is 0 Å². The molecule has 1 aromatic heterocycles. The standard InChI is InChI=1S/C13H9BrN2O4/c1-7-10(6-11(14)13(18)15-7)12(17)8-2-4-9(5-3-8)16(19)20/h2-6H,1H3,(H,15,18). The van der Waals surface area contributed by atoms with Crippen molar-refractivity contribution in [2.75, 3.05) is 0 Å². The Morgan fingerprint density at radius 3 is 2.45 bits per heavy atom. The smallest absolute Gasteiger partial charge is 0.269 e. The Kier molecular flexibility index (Phi) is 3.80. The molecule has 0 atom stereocenters. The molecule has 0 unspecified atom stereocenters. The van der Waals surface area contributed by atoms with Crippen molar-refractivity contribution in [3.8, 4) is 0 Å². The van der Waals surface area contributed by atoms with Gasteiger partial charge in [0.2, 0.25) is 0 Å². The van der Waals surface area contributed by atoms with Gasteiger partial charge >= 0.3 is 0 Å². The van der Waals surface area contributed by atoms with Crippen molar-refractivity contribution in [1.82, 2.24) is 4.98 Å². The first-order chi connectivity index (χ1) is 9.40. The van der Waals surface area contributed by atoms with E-state index in [1.54, 1.807) is 6.92 Å². The second-order valence-corrected chi connectivity index (χ2v) is 4.97. The summed E-state index contributed by atoms with van der Waals surface area (Å²) in [5, 5.41) is 10.6. The van der Waals surface area contributed by atoms with Crippen LogP contribution in [-0.4, -0.2) is 15.7 Å². The van der Waals surface area contributed by atoms with Crippen LogP contribution in [0.25, 0.3) is 0 Å². The van der Waals surface area contributed by atoms with E-state index >= 15 is 0 Å². The van der Waals surface area contributed by atoms with Crippen molar-refractivity contribution >= 4 is 27.4 Å². The Hall–Kier alpha value is -2.28. The topological polar surface area (TPSA) is 93.1 Å². The van der Waals surface area contributed by atoms with Crippen LogP contribution < -0.4 is 5.56 Å². The number of aromatic nitrogens is 1. The van der Waals surface area contributed by atoms with Crippen LogP contribution in [0.3, 0.4) is 0 Å². The number of aromatic amines is 1. The van der Waals surface area contributed by atoms with E-state index in [2.05, 4.69) is 20.9 Å². The Morgan fingerprint density at radius 2 is 1.90 bits per heavy atom. The molecular weight excluding hydrogens is 328 g/mol. The number of nitrogens with one attached hydrogen (secondary N) is 1. The van der Waals surface area contributed by atoms with Crippen molar-refractivity contribution in [1.29, 1.82) is 0 Å². The number of pyridine rings is 1. The van der Waals surface area contributed by atoms with Gasteiger partial charge in [0, 0.05) is 29.0 Å². The summed E-state index contributed by atoms with van der Waals surface area (Å²) >= 11 is 3.07. The fraction of sp³-hybridized carbons (Fsp3) is 0.0769. The normalized spacial score (nSPS) is 10.3. The zero-order valence-electron chi connectivity index (χ0n) is 10.3. The Bertz CT molecular complexity index is 750. The van der Waals surface area contributed by atoms with E-state index in [1.165, 1.54) is 30.3 Å². The molecule has 0 aliphatic heterocycles. The number of H-pyrrole nitrogens is 1. The SMILES string of the molecule is Cc1[nH]c(=O)c(Br)cc1C(=O)c1ccc([N+](=O)[O-])cc1. The van der Waals surface area contributed by atoms with Gasteiger partial charge in [0.15, 0.2) is 5.78 Å². The summed E-state index contributed by atoms with van der Waals surface area (Å²) in [5.74, 6) is -0.311. The molecule has 1 N–H and O–H groups in total. The molecule has 0 bridgehead atoms. The molecule has 0 saturated carbocycles. The lowest BCUT2D eigenvalue weighted by atomic mass is 10.0. The number of nitro groups is 1. The lowest BCUT2D eigenvalue weighted by Gasteiger charge is -2.05. The number of nitrogens with zero attached hydrogens (tertiary/aromatic N) is 1. The molecule has 2 aromatic rings. The molecule has 0 aliphatic rings. The van der Waals surface area contributed by atoms with Gasteiger partial charge in [-0.15, -0.1) is 0 Å². The molecule has 2 rings (SSSR count). The van der Waals surface area contributed by atoms with Crippen molar-refractivity contribution < 1.29 is 9.72 Å². The number of halogens is 1. The van der Waals surface area contributed by atoms with Crippen LogP contribution in [0.15, 0.2) is 39.6 Å². The third-order valence-corrected chi connectivity index (χ3v) is 3.37. The molecule has 20 heavy (non-hydrogen) atoms. The summed E-state index contributed by atoms with van der Waals surface area (Å²) in [6, 6.07) is 6.75. The van der Waals surface area contributed by atoms with Gasteiger partial charge in [-0.2, -0.15) is 0 Å². The number of carbonyl (C=O) groups is 1. The molecule has 0 amide bonds. The minimum Gasteiger partial charge on any atom is -0.325 e. The lowest BCUT2D eigenvalue weighted by Crippen LogP contribution is -2.14. The predicted octanol–water partition coefficient (Wildman–Crippen LogP) is 2.59. The lowest BCUT2D eigenvalue weighted by molar-refractivity contribution is -0.384. The Morgan fingerprint density at radius 1 is 1.30 bits per heavy atom. The number of rotatable bonds is 3. The van der Waals surface area contributed by atoms with Gasteiger partial charge in [-0.25, -0.2) is 0 Å². The molecule has 0 radical (unpaired) electrons. The highest BCUT2D eigenvalue weighted by atomic mass is 79.9. The molecule has 0 aliphatic carbocycles. The fourth-order valence-corrected chi connectivity index (χ4v) is 2.05. The van der Waals surface area contributed by atoms with E-state index in [1.807, 2.05) is 0 Å². The van der Waals surface area contributed by atoms with Gasteiger partial charge in [0.05, 0.1) is 9.40 Å². The average Bonchev–Trinajstić information content (AvgIpc) is 2.42. The van der Waals surface area contributed by atoms with Crippen LogP contribution in [0.4, 0.5) is 5.69 Å². The molecule has 1 aromatic carbocycles. The highest BCUT2D eigenvalue weighted by Gasteiger charge is 2.15. The second kappa shape index (κ2) is 5.38. The first-order valence-corrected chi connectivity index (χ1v) is 6.38. The van der Waals surface area contributed by atoms with E-state index in [-0.39, 0.29) is 21.5 Å². The summed E-state index contributed by atoms with van der Waals surface area (Å²) < 4.78 is 0.258. The highest BCUT2D eigenvalue weighted by molar-refractivity contribution is 9.10. The van der Waals surface area contributed by atoms with E-state index in [0.717, 1.165) is 0 Å². The molecule has 0 fully saturated rings. The fourth-order valence-electron chi connectivity index (χ4n) is 1.72. The monoisotopic (exact) mass is 336 g/mol. The van der Waals surface area contributed by atoms with Gasteiger partial charge in [0.1, 0.15) is 0 Å². The molecule has 0 spiro atoms. The van der Waals surface area contributed by atoms with Crippen LogP contribution in [-0.2, 0) is 0 Å². The largest absolute Gasteiger partial charge is 0.325 e. The van der Waals surface area contributed by atoms with Crippen molar-refractivity contribution in [2.24, 2.45) is 0 Å². The molecule has 102 valence electrons. The maximum Gasteiger partial charge on any atom is 0.269 e. The van der Waals surface area contributed by atoms with Crippen molar-refractivity contribution in [2.45, 2.75) is 6.92 Å².